The Morgan fingerprint density at radius 1 is 1.11 bits per heavy atom. The van der Waals surface area contributed by atoms with E-state index in [-0.39, 0.29) is 34.9 Å². The van der Waals surface area contributed by atoms with Crippen LogP contribution in [0.3, 0.4) is 0 Å². The van der Waals surface area contributed by atoms with Gasteiger partial charge >= 0.3 is 0 Å². The maximum Gasteiger partial charge on any atom is 0.294 e. The second-order valence-electron chi connectivity index (χ2n) is 9.69. The van der Waals surface area contributed by atoms with Crippen LogP contribution in [-0.2, 0) is 21.2 Å². The lowest BCUT2D eigenvalue weighted by molar-refractivity contribution is -0.125. The molecule has 5 rings (SSSR count). The molecule has 184 valence electrons. The fraction of sp³-hybridized carbons (Fsp3) is 0.423. The number of carbonyl (C=O) groups is 1. The second kappa shape index (κ2) is 9.45. The first-order valence-corrected chi connectivity index (χ1v) is 13.9. The Balaban J connectivity index is 1.41. The van der Waals surface area contributed by atoms with Crippen molar-refractivity contribution in [3.63, 3.8) is 0 Å². The van der Waals surface area contributed by atoms with Crippen molar-refractivity contribution in [3.05, 3.63) is 70.0 Å². The highest BCUT2D eigenvalue weighted by atomic mass is 32.2. The van der Waals surface area contributed by atoms with Gasteiger partial charge in [0.1, 0.15) is 0 Å². The first-order chi connectivity index (χ1) is 16.8. The summed E-state index contributed by atoms with van der Waals surface area (Å²) in [6.07, 6.45) is 1.92. The van der Waals surface area contributed by atoms with Crippen LogP contribution in [0.2, 0.25) is 0 Å². The van der Waals surface area contributed by atoms with Gasteiger partial charge in [0.05, 0.1) is 35.0 Å². The van der Waals surface area contributed by atoms with E-state index in [0.29, 0.717) is 38.3 Å². The Morgan fingerprint density at radius 2 is 1.89 bits per heavy atom. The topological polar surface area (TPSA) is 101 Å². The van der Waals surface area contributed by atoms with Crippen molar-refractivity contribution in [2.45, 2.75) is 38.8 Å². The number of hydrogen-bond donors (Lipinski definition) is 1. The van der Waals surface area contributed by atoms with Gasteiger partial charge in [0.2, 0.25) is 5.91 Å². The summed E-state index contributed by atoms with van der Waals surface area (Å²) < 4.78 is 25.3. The molecule has 0 aliphatic carbocycles. The van der Waals surface area contributed by atoms with Crippen LogP contribution >= 0.6 is 0 Å². The third kappa shape index (κ3) is 5.10. The molecule has 2 aromatic carbocycles. The van der Waals surface area contributed by atoms with Gasteiger partial charge in [-0.2, -0.15) is 0 Å². The predicted molar refractivity (Wildman–Crippen MR) is 136 cm³/mol. The molecule has 0 saturated carbocycles. The number of aromatic nitrogens is 2. The molecule has 3 heterocycles. The molecular formula is C26H30N4O4S. The van der Waals surface area contributed by atoms with Crippen molar-refractivity contribution >= 4 is 32.6 Å². The molecule has 35 heavy (non-hydrogen) atoms. The number of anilines is 1. The van der Waals surface area contributed by atoms with Crippen molar-refractivity contribution in [1.82, 2.24) is 14.9 Å². The number of benzene rings is 2. The third-order valence-corrected chi connectivity index (χ3v) is 8.74. The van der Waals surface area contributed by atoms with Crippen LogP contribution in [0.5, 0.6) is 0 Å². The summed E-state index contributed by atoms with van der Waals surface area (Å²) in [7, 11) is -3.06. The van der Waals surface area contributed by atoms with Crippen molar-refractivity contribution in [3.8, 4) is 0 Å². The van der Waals surface area contributed by atoms with E-state index in [4.69, 9.17) is 4.98 Å². The molecule has 8 nitrogen and oxygen atoms in total. The van der Waals surface area contributed by atoms with E-state index in [2.05, 4.69) is 5.32 Å². The van der Waals surface area contributed by atoms with Crippen molar-refractivity contribution in [2.24, 2.45) is 5.92 Å². The van der Waals surface area contributed by atoms with E-state index in [1.807, 2.05) is 60.4 Å². The van der Waals surface area contributed by atoms with E-state index in [1.54, 1.807) is 4.57 Å². The first kappa shape index (κ1) is 23.5. The molecule has 9 heteroatoms. The van der Waals surface area contributed by atoms with Crippen LogP contribution in [0.15, 0.2) is 53.3 Å². The Hall–Kier alpha value is -3.20. The standard InChI is InChI=1S/C26H30N4O4S/c1-18-8-10-19(11-9-18)15-30-23-7-3-2-6-22(23)28-24(26(30)32)29-13-4-5-20(16-29)25(31)27-21-12-14-35(33,34)17-21/h2-3,6-11,20-21H,4-5,12-17H2,1H3,(H,27,31)/t20-,21-/m1/s1. The number of rotatable bonds is 5. The molecule has 0 radical (unpaired) electrons. The Morgan fingerprint density at radius 3 is 2.63 bits per heavy atom. The molecular weight excluding hydrogens is 464 g/mol. The zero-order valence-corrected chi connectivity index (χ0v) is 20.6. The number of piperidine rings is 1. The molecule has 2 saturated heterocycles. The minimum absolute atomic E-state index is 0.00508. The lowest BCUT2D eigenvalue weighted by Crippen LogP contribution is -2.48. The fourth-order valence-electron chi connectivity index (χ4n) is 5.03. The van der Waals surface area contributed by atoms with E-state index in [1.165, 1.54) is 0 Å². The highest BCUT2D eigenvalue weighted by Gasteiger charge is 2.33. The van der Waals surface area contributed by atoms with Gasteiger partial charge in [0.25, 0.3) is 5.56 Å². The maximum absolute atomic E-state index is 13.7. The quantitative estimate of drug-likeness (QED) is 0.584. The van der Waals surface area contributed by atoms with Crippen LogP contribution in [0.25, 0.3) is 11.0 Å². The molecule has 2 aliphatic rings. The van der Waals surface area contributed by atoms with Gasteiger partial charge in [0, 0.05) is 19.1 Å². The Labute approximate surface area is 204 Å². The van der Waals surface area contributed by atoms with Gasteiger partial charge in [-0.05, 0) is 43.9 Å². The monoisotopic (exact) mass is 494 g/mol. The van der Waals surface area contributed by atoms with Crippen molar-refractivity contribution < 1.29 is 13.2 Å². The lowest BCUT2D eigenvalue weighted by Gasteiger charge is -2.33. The molecule has 2 atom stereocenters. The molecule has 0 spiro atoms. The van der Waals surface area contributed by atoms with E-state index in [9.17, 15) is 18.0 Å². The number of aryl methyl sites for hydroxylation is 1. The summed E-state index contributed by atoms with van der Waals surface area (Å²) in [6, 6.07) is 15.4. The van der Waals surface area contributed by atoms with Crippen LogP contribution < -0.4 is 15.8 Å². The smallest absolute Gasteiger partial charge is 0.294 e. The van der Waals surface area contributed by atoms with Crippen LogP contribution in [0, 0.1) is 12.8 Å². The summed E-state index contributed by atoms with van der Waals surface area (Å²) in [6.45, 7) is 3.50. The lowest BCUT2D eigenvalue weighted by atomic mass is 9.96. The zero-order chi connectivity index (χ0) is 24.6. The molecule has 2 fully saturated rings. The van der Waals surface area contributed by atoms with Crippen molar-refractivity contribution in [2.75, 3.05) is 29.5 Å². The summed E-state index contributed by atoms with van der Waals surface area (Å²) in [5.74, 6) is 0.0288. The average molecular weight is 495 g/mol. The van der Waals surface area contributed by atoms with E-state index >= 15 is 0 Å². The number of sulfone groups is 1. The Bertz CT molecular complexity index is 1420. The highest BCUT2D eigenvalue weighted by Crippen LogP contribution is 2.23. The summed E-state index contributed by atoms with van der Waals surface area (Å²) >= 11 is 0. The van der Waals surface area contributed by atoms with Gasteiger partial charge in [-0.15, -0.1) is 0 Å². The molecule has 1 amide bonds. The number of nitrogens with one attached hydrogen (secondary N) is 1. The van der Waals surface area contributed by atoms with Gasteiger partial charge < -0.3 is 10.2 Å². The summed E-state index contributed by atoms with van der Waals surface area (Å²) in [4.78, 5) is 33.2. The van der Waals surface area contributed by atoms with Gasteiger partial charge in [-0.1, -0.05) is 42.0 Å². The number of hydrogen-bond acceptors (Lipinski definition) is 6. The molecule has 3 aromatic rings. The predicted octanol–water partition coefficient (Wildman–Crippen LogP) is 2.27. The Kier molecular flexibility index (Phi) is 6.35. The normalized spacial score (nSPS) is 21.8. The minimum Gasteiger partial charge on any atom is -0.352 e. The fourth-order valence-corrected chi connectivity index (χ4v) is 6.70. The second-order valence-corrected chi connectivity index (χ2v) is 11.9. The van der Waals surface area contributed by atoms with Gasteiger partial charge in [-0.25, -0.2) is 13.4 Å². The minimum atomic E-state index is -3.06. The number of para-hydroxylation sites is 2. The zero-order valence-electron chi connectivity index (χ0n) is 19.8. The van der Waals surface area contributed by atoms with E-state index in [0.717, 1.165) is 28.6 Å². The number of amides is 1. The van der Waals surface area contributed by atoms with Gasteiger partial charge in [-0.3, -0.25) is 14.2 Å². The SMILES string of the molecule is Cc1ccc(Cn2c(=O)c(N3CCC[C@@H](C(=O)N[C@@H]4CCS(=O)(=O)C4)C3)nc3ccccc32)cc1. The van der Waals surface area contributed by atoms with Crippen LogP contribution in [0.4, 0.5) is 5.82 Å². The molecule has 0 bridgehead atoms. The van der Waals surface area contributed by atoms with Crippen LogP contribution in [0.1, 0.15) is 30.4 Å². The molecule has 2 aliphatic heterocycles. The average Bonchev–Trinajstić information content (AvgIpc) is 3.20. The molecule has 1 aromatic heterocycles. The third-order valence-electron chi connectivity index (χ3n) is 6.97. The van der Waals surface area contributed by atoms with Crippen LogP contribution in [-0.4, -0.2) is 54.5 Å². The largest absolute Gasteiger partial charge is 0.352 e. The van der Waals surface area contributed by atoms with E-state index < -0.39 is 9.84 Å². The summed E-state index contributed by atoms with van der Waals surface area (Å²) in [5, 5.41) is 2.92. The molecule has 1 N–H and O–H groups in total. The first-order valence-electron chi connectivity index (χ1n) is 12.1. The number of nitrogens with zero attached hydrogens (tertiary/aromatic N) is 3. The number of carbonyl (C=O) groups excluding carboxylic acids is 1. The molecule has 0 unspecified atom stereocenters. The summed E-state index contributed by atoms with van der Waals surface area (Å²) in [5.41, 5.74) is 3.52. The van der Waals surface area contributed by atoms with Gasteiger partial charge in [0.15, 0.2) is 15.7 Å². The number of fused-ring (bicyclic) bond motifs is 1. The maximum atomic E-state index is 13.7. The van der Waals surface area contributed by atoms with Crippen molar-refractivity contribution in [1.29, 1.82) is 0 Å². The highest BCUT2D eigenvalue weighted by molar-refractivity contribution is 7.91.